The molecule has 0 amide bonds. The van der Waals surface area contributed by atoms with Crippen LogP contribution in [0, 0.1) is 0 Å². The minimum Gasteiger partial charge on any atom is -0.273 e. The maximum atomic E-state index is 12.0. The molecule has 0 aromatic heterocycles. The number of aryl methyl sites for hydroxylation is 1. The summed E-state index contributed by atoms with van der Waals surface area (Å²) in [6.45, 7) is 2.07. The predicted molar refractivity (Wildman–Crippen MR) is 78.0 cm³/mol. The molecular weight excluding hydrogens is 270 g/mol. The van der Waals surface area contributed by atoms with E-state index in [0.29, 0.717) is 18.0 Å². The van der Waals surface area contributed by atoms with Crippen LogP contribution in [-0.4, -0.2) is 27.1 Å². The number of alkyl halides is 1. The van der Waals surface area contributed by atoms with E-state index in [1.165, 1.54) is 9.87 Å². The highest BCUT2D eigenvalue weighted by Crippen LogP contribution is 2.18. The van der Waals surface area contributed by atoms with Gasteiger partial charge in [-0.2, -0.15) is 0 Å². The number of sulfonamides is 1. The molecule has 5 heteroatoms. The fourth-order valence-corrected chi connectivity index (χ4v) is 3.09. The zero-order valence-electron chi connectivity index (χ0n) is 10.9. The molecule has 102 valence electrons. The maximum absolute atomic E-state index is 12.0. The molecule has 0 spiro atoms. The molecule has 0 saturated carbocycles. The first-order valence-electron chi connectivity index (χ1n) is 6.12. The smallest absolute Gasteiger partial charge is 0.234 e. The van der Waals surface area contributed by atoms with E-state index in [1.807, 2.05) is 24.3 Å². The van der Waals surface area contributed by atoms with Crippen molar-refractivity contribution in [3.63, 3.8) is 0 Å². The Morgan fingerprint density at radius 1 is 1.17 bits per heavy atom. The number of anilines is 1. The van der Waals surface area contributed by atoms with Gasteiger partial charge in [0.1, 0.15) is 0 Å². The lowest BCUT2D eigenvalue weighted by atomic mass is 10.1. The zero-order chi connectivity index (χ0) is 13.6. The molecule has 1 aromatic carbocycles. The van der Waals surface area contributed by atoms with Crippen LogP contribution < -0.4 is 4.31 Å². The Kier molecular flexibility index (Phi) is 5.96. The van der Waals surface area contributed by atoms with Gasteiger partial charge in [-0.05, 0) is 37.0 Å². The van der Waals surface area contributed by atoms with Gasteiger partial charge in [-0.25, -0.2) is 8.42 Å². The third-order valence-electron chi connectivity index (χ3n) is 2.91. The molecule has 0 saturated heterocycles. The van der Waals surface area contributed by atoms with Crippen molar-refractivity contribution >= 4 is 27.3 Å². The minimum absolute atomic E-state index is 0.145. The van der Waals surface area contributed by atoms with Gasteiger partial charge < -0.3 is 0 Å². The van der Waals surface area contributed by atoms with Crippen LogP contribution in [0.3, 0.4) is 0 Å². The molecule has 0 heterocycles. The van der Waals surface area contributed by atoms with E-state index in [-0.39, 0.29) is 5.75 Å². The third-order valence-corrected chi connectivity index (χ3v) is 5.03. The van der Waals surface area contributed by atoms with Crippen LogP contribution in [0.4, 0.5) is 5.69 Å². The molecule has 0 N–H and O–H groups in total. The molecule has 3 nitrogen and oxygen atoms in total. The van der Waals surface area contributed by atoms with E-state index < -0.39 is 10.0 Å². The molecule has 0 unspecified atom stereocenters. The van der Waals surface area contributed by atoms with E-state index in [1.54, 1.807) is 7.05 Å². The average molecular weight is 290 g/mol. The number of halogens is 1. The van der Waals surface area contributed by atoms with Crippen LogP contribution in [0.5, 0.6) is 0 Å². The van der Waals surface area contributed by atoms with Crippen molar-refractivity contribution < 1.29 is 8.42 Å². The summed E-state index contributed by atoms with van der Waals surface area (Å²) in [4.78, 5) is 0. The van der Waals surface area contributed by atoms with Gasteiger partial charge in [0.05, 0.1) is 11.4 Å². The molecule has 0 aliphatic rings. The number of benzene rings is 1. The van der Waals surface area contributed by atoms with E-state index in [0.717, 1.165) is 12.8 Å². The summed E-state index contributed by atoms with van der Waals surface area (Å²) in [5.41, 5.74) is 1.91. The van der Waals surface area contributed by atoms with Crippen LogP contribution in [0.25, 0.3) is 0 Å². The number of nitrogens with zero attached hydrogens (tertiary/aromatic N) is 1. The lowest BCUT2D eigenvalue weighted by molar-refractivity contribution is 0.591. The van der Waals surface area contributed by atoms with Crippen molar-refractivity contribution in [1.29, 1.82) is 0 Å². The first kappa shape index (κ1) is 15.3. The van der Waals surface area contributed by atoms with Crippen LogP contribution >= 0.6 is 11.6 Å². The third kappa shape index (κ3) is 4.18. The quantitative estimate of drug-likeness (QED) is 0.571. The van der Waals surface area contributed by atoms with Crippen molar-refractivity contribution in [2.24, 2.45) is 0 Å². The average Bonchev–Trinajstić information content (AvgIpc) is 2.38. The van der Waals surface area contributed by atoms with E-state index in [9.17, 15) is 8.42 Å². The summed E-state index contributed by atoms with van der Waals surface area (Å²) in [6, 6.07) is 7.61. The fourth-order valence-electron chi connectivity index (χ4n) is 1.62. The van der Waals surface area contributed by atoms with Gasteiger partial charge in [-0.1, -0.05) is 19.1 Å². The predicted octanol–water partition coefficient (Wildman–Crippen LogP) is 3.03. The summed E-state index contributed by atoms with van der Waals surface area (Å²) in [5, 5.41) is 0. The second-order valence-corrected chi connectivity index (χ2v) is 6.70. The monoisotopic (exact) mass is 289 g/mol. The first-order chi connectivity index (χ1) is 8.51. The van der Waals surface area contributed by atoms with Crippen molar-refractivity contribution in [2.75, 3.05) is 23.0 Å². The van der Waals surface area contributed by atoms with Crippen molar-refractivity contribution in [2.45, 2.75) is 26.2 Å². The molecule has 0 radical (unpaired) electrons. The van der Waals surface area contributed by atoms with Crippen LogP contribution in [0.15, 0.2) is 24.3 Å². The highest BCUT2D eigenvalue weighted by Gasteiger charge is 2.17. The molecule has 0 bridgehead atoms. The Morgan fingerprint density at radius 2 is 1.78 bits per heavy atom. The Balaban J connectivity index is 2.75. The fraction of sp³-hybridized carbons (Fsp3) is 0.538. The lowest BCUT2D eigenvalue weighted by Gasteiger charge is -2.19. The van der Waals surface area contributed by atoms with Gasteiger partial charge >= 0.3 is 0 Å². The Morgan fingerprint density at radius 3 is 2.28 bits per heavy atom. The van der Waals surface area contributed by atoms with E-state index >= 15 is 0 Å². The van der Waals surface area contributed by atoms with Gasteiger partial charge in [0, 0.05) is 12.9 Å². The van der Waals surface area contributed by atoms with Gasteiger partial charge in [0.25, 0.3) is 0 Å². The number of unbranched alkanes of at least 4 members (excludes halogenated alkanes) is 1. The molecule has 1 rings (SSSR count). The number of hydrogen-bond donors (Lipinski definition) is 0. The molecule has 1 aromatic rings. The van der Waals surface area contributed by atoms with Crippen molar-refractivity contribution in [3.05, 3.63) is 29.8 Å². The molecule has 0 aliphatic carbocycles. The summed E-state index contributed by atoms with van der Waals surface area (Å²) in [7, 11) is -1.64. The topological polar surface area (TPSA) is 37.4 Å². The summed E-state index contributed by atoms with van der Waals surface area (Å²) in [5.74, 6) is 0.649. The molecule has 0 aliphatic heterocycles. The second kappa shape index (κ2) is 7.00. The van der Waals surface area contributed by atoms with Crippen LogP contribution in [-0.2, 0) is 16.4 Å². The molecule has 0 atom stereocenters. The summed E-state index contributed by atoms with van der Waals surface area (Å²) in [6.07, 6.45) is 2.28. The number of hydrogen-bond acceptors (Lipinski definition) is 2. The molecule has 18 heavy (non-hydrogen) atoms. The molecule has 0 fully saturated rings. The van der Waals surface area contributed by atoms with Gasteiger partial charge in [-0.15, -0.1) is 11.6 Å². The Labute approximate surface area is 115 Å². The highest BCUT2D eigenvalue weighted by atomic mass is 35.5. The van der Waals surface area contributed by atoms with Crippen molar-refractivity contribution in [3.8, 4) is 0 Å². The SMILES string of the molecule is CCc1ccc(N(C)S(=O)(=O)CCCCCl)cc1. The summed E-state index contributed by atoms with van der Waals surface area (Å²) >= 11 is 5.55. The van der Waals surface area contributed by atoms with Crippen LogP contribution in [0.1, 0.15) is 25.3 Å². The summed E-state index contributed by atoms with van der Waals surface area (Å²) < 4.78 is 25.4. The van der Waals surface area contributed by atoms with E-state index in [2.05, 4.69) is 6.92 Å². The zero-order valence-corrected chi connectivity index (χ0v) is 12.5. The van der Waals surface area contributed by atoms with Gasteiger partial charge in [-0.3, -0.25) is 4.31 Å². The second-order valence-electron chi connectivity index (χ2n) is 4.20. The highest BCUT2D eigenvalue weighted by molar-refractivity contribution is 7.92. The Hall–Kier alpha value is -0.740. The van der Waals surface area contributed by atoms with Crippen LogP contribution in [0.2, 0.25) is 0 Å². The minimum atomic E-state index is -3.23. The van der Waals surface area contributed by atoms with E-state index in [4.69, 9.17) is 11.6 Å². The van der Waals surface area contributed by atoms with Gasteiger partial charge in [0.15, 0.2) is 0 Å². The standard InChI is InChI=1S/C13H20ClNO2S/c1-3-12-6-8-13(9-7-12)15(2)18(16,17)11-5-4-10-14/h6-9H,3-5,10-11H2,1-2H3. The molecular formula is C13H20ClNO2S. The number of rotatable bonds is 7. The lowest BCUT2D eigenvalue weighted by Crippen LogP contribution is -2.29. The normalized spacial score (nSPS) is 11.5. The maximum Gasteiger partial charge on any atom is 0.234 e. The largest absolute Gasteiger partial charge is 0.273 e. The first-order valence-corrected chi connectivity index (χ1v) is 8.27. The van der Waals surface area contributed by atoms with Crippen molar-refractivity contribution in [1.82, 2.24) is 0 Å². The van der Waals surface area contributed by atoms with Gasteiger partial charge in [0.2, 0.25) is 10.0 Å². The Bertz CT molecular complexity index is 456.